The lowest BCUT2D eigenvalue weighted by atomic mass is 10.1. The van der Waals surface area contributed by atoms with E-state index in [9.17, 15) is 18.4 Å². The number of fused-ring (bicyclic) bond motifs is 1. The van der Waals surface area contributed by atoms with Crippen molar-refractivity contribution < 1.29 is 13.6 Å². The SMILES string of the molecule is CN(C)C[C@H]1CCCN1C(=O)c1ccc(-n2cc(-c3cc4cc(F)c(F)cc4[nH]c3=O)nn2)cc1. The van der Waals surface area contributed by atoms with Crippen LogP contribution < -0.4 is 5.56 Å². The number of rotatable bonds is 5. The number of nitrogens with one attached hydrogen (secondary N) is 1. The Labute approximate surface area is 199 Å². The molecule has 0 aliphatic carbocycles. The minimum atomic E-state index is -1.04. The van der Waals surface area contributed by atoms with E-state index in [1.54, 1.807) is 30.5 Å². The van der Waals surface area contributed by atoms with Gasteiger partial charge in [-0.3, -0.25) is 9.59 Å². The van der Waals surface area contributed by atoms with Gasteiger partial charge in [0, 0.05) is 36.1 Å². The Balaban J connectivity index is 1.38. The fourth-order valence-corrected chi connectivity index (χ4v) is 4.54. The van der Waals surface area contributed by atoms with Gasteiger partial charge in [0.05, 0.1) is 23.0 Å². The number of nitrogens with zero attached hydrogens (tertiary/aromatic N) is 5. The highest BCUT2D eigenvalue weighted by atomic mass is 19.2. The molecular weight excluding hydrogens is 454 g/mol. The maximum Gasteiger partial charge on any atom is 0.258 e. The summed E-state index contributed by atoms with van der Waals surface area (Å²) in [5.74, 6) is -2.03. The molecule has 1 fully saturated rings. The molecule has 0 unspecified atom stereocenters. The fourth-order valence-electron chi connectivity index (χ4n) is 4.54. The number of likely N-dealkylation sites (tertiary alicyclic amines) is 1. The molecule has 4 aromatic rings. The fraction of sp³-hybridized carbons (Fsp3) is 0.280. The molecule has 10 heteroatoms. The highest BCUT2D eigenvalue weighted by Crippen LogP contribution is 2.23. The van der Waals surface area contributed by atoms with Crippen molar-refractivity contribution in [1.82, 2.24) is 29.8 Å². The van der Waals surface area contributed by atoms with Gasteiger partial charge in [-0.2, -0.15) is 0 Å². The van der Waals surface area contributed by atoms with Gasteiger partial charge in [-0.25, -0.2) is 13.5 Å². The van der Waals surface area contributed by atoms with Crippen LogP contribution in [-0.4, -0.2) is 68.9 Å². The first-order valence-electron chi connectivity index (χ1n) is 11.3. The molecule has 0 spiro atoms. The number of likely N-dealkylation sites (N-methyl/N-ethyl adjacent to an activating group) is 1. The van der Waals surface area contributed by atoms with E-state index in [4.69, 9.17) is 0 Å². The predicted octanol–water partition coefficient (Wildman–Crippen LogP) is 3.22. The second-order valence-corrected chi connectivity index (χ2v) is 9.02. The van der Waals surface area contributed by atoms with Crippen molar-refractivity contribution in [3.8, 4) is 16.9 Å². The number of amides is 1. The standard InChI is InChI=1S/C25H24F2N6O2/c1-31(2)13-18-4-3-9-32(18)25(35)15-5-7-17(8-6-15)33-14-23(29-30-33)19-10-16-11-20(26)21(27)12-22(16)28-24(19)34/h5-8,10-12,14,18H,3-4,9,13H2,1-2H3,(H,28,34)/t18-/m1/s1. The summed E-state index contributed by atoms with van der Waals surface area (Å²) in [6.45, 7) is 1.59. The van der Waals surface area contributed by atoms with E-state index in [2.05, 4.69) is 20.2 Å². The Bertz CT molecular complexity index is 1460. The Morgan fingerprint density at radius 1 is 1.14 bits per heavy atom. The summed E-state index contributed by atoms with van der Waals surface area (Å²) in [5, 5.41) is 8.50. The van der Waals surface area contributed by atoms with Gasteiger partial charge in [-0.1, -0.05) is 5.21 Å². The zero-order valence-corrected chi connectivity index (χ0v) is 19.3. The zero-order chi connectivity index (χ0) is 24.7. The predicted molar refractivity (Wildman–Crippen MR) is 127 cm³/mol. The van der Waals surface area contributed by atoms with E-state index in [-0.39, 0.29) is 28.7 Å². The van der Waals surface area contributed by atoms with Crippen LogP contribution >= 0.6 is 0 Å². The topological polar surface area (TPSA) is 87.1 Å². The summed E-state index contributed by atoms with van der Waals surface area (Å²) in [6, 6.07) is 10.7. The largest absolute Gasteiger partial charge is 0.334 e. The van der Waals surface area contributed by atoms with Gasteiger partial charge >= 0.3 is 0 Å². The van der Waals surface area contributed by atoms with E-state index < -0.39 is 17.2 Å². The van der Waals surface area contributed by atoms with Crippen molar-refractivity contribution in [2.24, 2.45) is 0 Å². The molecule has 0 saturated carbocycles. The first kappa shape index (κ1) is 22.9. The lowest BCUT2D eigenvalue weighted by Crippen LogP contribution is -2.41. The number of hydrogen-bond donors (Lipinski definition) is 1. The molecule has 1 atom stereocenters. The molecule has 1 saturated heterocycles. The third-order valence-electron chi connectivity index (χ3n) is 6.25. The molecule has 8 nitrogen and oxygen atoms in total. The number of halogens is 2. The van der Waals surface area contributed by atoms with Crippen LogP contribution in [-0.2, 0) is 0 Å². The highest BCUT2D eigenvalue weighted by molar-refractivity contribution is 5.94. The quantitative estimate of drug-likeness (QED) is 0.476. The number of H-pyrrole nitrogens is 1. The second-order valence-electron chi connectivity index (χ2n) is 9.02. The van der Waals surface area contributed by atoms with Crippen molar-refractivity contribution in [3.05, 3.63) is 76.2 Å². The van der Waals surface area contributed by atoms with Gasteiger partial charge in [-0.05, 0) is 63.3 Å². The highest BCUT2D eigenvalue weighted by Gasteiger charge is 2.29. The monoisotopic (exact) mass is 478 g/mol. The Hall–Kier alpha value is -3.92. The third-order valence-corrected chi connectivity index (χ3v) is 6.25. The summed E-state index contributed by atoms with van der Waals surface area (Å²) >= 11 is 0. The Morgan fingerprint density at radius 2 is 1.89 bits per heavy atom. The Kier molecular flexibility index (Phi) is 5.89. The molecule has 0 bridgehead atoms. The van der Waals surface area contributed by atoms with Crippen LogP contribution in [0.15, 0.2) is 53.5 Å². The van der Waals surface area contributed by atoms with E-state index in [1.807, 2.05) is 19.0 Å². The maximum atomic E-state index is 13.6. The lowest BCUT2D eigenvalue weighted by Gasteiger charge is -2.27. The first-order chi connectivity index (χ1) is 16.8. The van der Waals surface area contributed by atoms with Gasteiger partial charge in [0.2, 0.25) is 0 Å². The summed E-state index contributed by atoms with van der Waals surface area (Å²) < 4.78 is 28.6. The van der Waals surface area contributed by atoms with Crippen LogP contribution in [0.5, 0.6) is 0 Å². The average Bonchev–Trinajstić information content (AvgIpc) is 3.49. The van der Waals surface area contributed by atoms with E-state index in [1.165, 1.54) is 10.7 Å². The van der Waals surface area contributed by atoms with Crippen molar-refractivity contribution in [2.75, 3.05) is 27.2 Å². The lowest BCUT2D eigenvalue weighted by molar-refractivity contribution is 0.0716. The zero-order valence-electron chi connectivity index (χ0n) is 19.3. The normalized spacial score (nSPS) is 15.9. The van der Waals surface area contributed by atoms with Crippen LogP contribution in [0.25, 0.3) is 27.8 Å². The van der Waals surface area contributed by atoms with E-state index >= 15 is 0 Å². The molecule has 1 aliphatic heterocycles. The van der Waals surface area contributed by atoms with E-state index in [0.717, 1.165) is 38.1 Å². The van der Waals surface area contributed by atoms with Crippen LogP contribution in [0.4, 0.5) is 8.78 Å². The molecule has 5 rings (SSSR count). The van der Waals surface area contributed by atoms with Crippen molar-refractivity contribution in [1.29, 1.82) is 0 Å². The van der Waals surface area contributed by atoms with Gasteiger partial charge in [0.15, 0.2) is 11.6 Å². The van der Waals surface area contributed by atoms with Crippen LogP contribution in [0.1, 0.15) is 23.2 Å². The molecule has 180 valence electrons. The summed E-state index contributed by atoms with van der Waals surface area (Å²) in [4.78, 5) is 32.1. The van der Waals surface area contributed by atoms with Gasteiger partial charge < -0.3 is 14.8 Å². The molecule has 1 N–H and O–H groups in total. The van der Waals surface area contributed by atoms with Gasteiger partial charge in [-0.15, -0.1) is 5.10 Å². The number of benzene rings is 2. The first-order valence-corrected chi connectivity index (χ1v) is 11.3. The number of carbonyl (C=O) groups excluding carboxylic acids is 1. The number of aromatic nitrogens is 4. The maximum absolute atomic E-state index is 13.6. The van der Waals surface area contributed by atoms with Crippen molar-refractivity contribution in [3.63, 3.8) is 0 Å². The average molecular weight is 479 g/mol. The molecule has 0 radical (unpaired) electrons. The number of hydrogen-bond acceptors (Lipinski definition) is 5. The molecule has 2 aromatic carbocycles. The minimum absolute atomic E-state index is 0.00606. The molecule has 1 amide bonds. The second kappa shape index (κ2) is 9.03. The number of aromatic amines is 1. The molecule has 35 heavy (non-hydrogen) atoms. The molecule has 1 aliphatic rings. The van der Waals surface area contributed by atoms with Crippen LogP contribution in [0.2, 0.25) is 0 Å². The van der Waals surface area contributed by atoms with E-state index in [0.29, 0.717) is 16.6 Å². The van der Waals surface area contributed by atoms with Gasteiger partial charge in [0.1, 0.15) is 5.69 Å². The summed E-state index contributed by atoms with van der Waals surface area (Å²) in [6.07, 6.45) is 3.57. The third kappa shape index (κ3) is 4.44. The van der Waals surface area contributed by atoms with Crippen LogP contribution in [0.3, 0.4) is 0 Å². The summed E-state index contributed by atoms with van der Waals surface area (Å²) in [5.41, 5.74) is 1.42. The number of pyridine rings is 1. The Morgan fingerprint density at radius 3 is 2.63 bits per heavy atom. The molecule has 2 aromatic heterocycles. The van der Waals surface area contributed by atoms with Crippen molar-refractivity contribution in [2.45, 2.75) is 18.9 Å². The van der Waals surface area contributed by atoms with Gasteiger partial charge in [0.25, 0.3) is 11.5 Å². The molecular formula is C25H24F2N6O2. The smallest absolute Gasteiger partial charge is 0.258 e. The van der Waals surface area contributed by atoms with Crippen LogP contribution in [0, 0.1) is 11.6 Å². The minimum Gasteiger partial charge on any atom is -0.334 e. The molecule has 3 heterocycles. The van der Waals surface area contributed by atoms with Crippen molar-refractivity contribution >= 4 is 16.8 Å². The number of carbonyl (C=O) groups is 1. The summed E-state index contributed by atoms with van der Waals surface area (Å²) in [7, 11) is 4.01.